The van der Waals surface area contributed by atoms with E-state index >= 15 is 0 Å². The van der Waals surface area contributed by atoms with Gasteiger partial charge in [-0.3, -0.25) is 15.1 Å². The Balaban J connectivity index is 2.59. The average molecular weight is 343 g/mol. The first kappa shape index (κ1) is 18.3. The Morgan fingerprint density at radius 3 is 2.54 bits per heavy atom. The Bertz CT molecular complexity index is 739. The highest BCUT2D eigenvalue weighted by atomic mass is 28.3. The van der Waals surface area contributed by atoms with Crippen LogP contribution in [0.15, 0.2) is 36.5 Å². The fourth-order valence-electron chi connectivity index (χ4n) is 2.67. The fourth-order valence-corrected chi connectivity index (χ4v) is 3.11. The van der Waals surface area contributed by atoms with E-state index in [1.165, 1.54) is 6.07 Å². The summed E-state index contributed by atoms with van der Waals surface area (Å²) in [5.74, 6) is 0. The van der Waals surface area contributed by atoms with E-state index in [0.717, 1.165) is 22.4 Å². The maximum Gasteiger partial charge on any atom is 0.270 e. The van der Waals surface area contributed by atoms with Crippen LogP contribution in [0, 0.1) is 10.1 Å². The number of nitro groups is 1. The number of hydrogen-bond acceptors (Lipinski definition) is 4. The van der Waals surface area contributed by atoms with Gasteiger partial charge in [0.1, 0.15) is 0 Å². The summed E-state index contributed by atoms with van der Waals surface area (Å²) in [6.07, 6.45) is 1.75. The molecule has 0 aliphatic heterocycles. The molecule has 0 spiro atoms. The van der Waals surface area contributed by atoms with E-state index in [0.29, 0.717) is 6.61 Å². The molecule has 0 saturated carbocycles. The summed E-state index contributed by atoms with van der Waals surface area (Å²) in [6, 6.07) is 8.62. The molecule has 0 N–H and O–H groups in total. The molecule has 127 valence electrons. The van der Waals surface area contributed by atoms with Gasteiger partial charge >= 0.3 is 0 Å². The molecule has 5 nitrogen and oxygen atoms in total. The lowest BCUT2D eigenvalue weighted by molar-refractivity contribution is -0.384. The third kappa shape index (κ3) is 4.27. The number of nitrogens with zero attached hydrogens (tertiary/aromatic N) is 2. The van der Waals surface area contributed by atoms with Gasteiger partial charge in [-0.2, -0.15) is 0 Å². The molecule has 0 atom stereocenters. The van der Waals surface area contributed by atoms with Crippen LogP contribution in [0.2, 0.25) is 13.1 Å². The van der Waals surface area contributed by atoms with Crippen LogP contribution < -0.4 is 0 Å². The van der Waals surface area contributed by atoms with Gasteiger partial charge in [-0.1, -0.05) is 32.9 Å². The minimum Gasteiger partial charge on any atom is -0.413 e. The Hall–Kier alpha value is -2.05. The van der Waals surface area contributed by atoms with E-state index in [1.54, 1.807) is 18.3 Å². The molecule has 1 aromatic carbocycles. The molecule has 1 heterocycles. The molecule has 24 heavy (non-hydrogen) atoms. The minimum atomic E-state index is -0.798. The highest BCUT2D eigenvalue weighted by Gasteiger charge is 2.24. The first-order chi connectivity index (χ1) is 11.2. The first-order valence-electron chi connectivity index (χ1n) is 7.86. The third-order valence-electron chi connectivity index (χ3n) is 3.63. The van der Waals surface area contributed by atoms with Crippen LogP contribution in [-0.4, -0.2) is 18.9 Å². The molecule has 0 unspecified atom stereocenters. The van der Waals surface area contributed by atoms with Crippen molar-refractivity contribution < 1.29 is 9.35 Å². The van der Waals surface area contributed by atoms with Gasteiger partial charge in [0.25, 0.3) is 5.69 Å². The van der Waals surface area contributed by atoms with Crippen LogP contribution in [0.5, 0.6) is 0 Å². The van der Waals surface area contributed by atoms with Gasteiger partial charge in [-0.25, -0.2) is 0 Å². The Labute approximate surface area is 144 Å². The lowest BCUT2D eigenvalue weighted by Crippen LogP contribution is -2.19. The molecule has 2 rings (SSSR count). The smallest absolute Gasteiger partial charge is 0.270 e. The lowest BCUT2D eigenvalue weighted by atomic mass is 9.81. The van der Waals surface area contributed by atoms with Gasteiger partial charge in [-0.15, -0.1) is 0 Å². The van der Waals surface area contributed by atoms with Crippen molar-refractivity contribution in [3.8, 4) is 11.3 Å². The van der Waals surface area contributed by atoms with Crippen molar-refractivity contribution >= 4 is 14.7 Å². The number of rotatable bonds is 5. The minimum absolute atomic E-state index is 0.0726. The summed E-state index contributed by atoms with van der Waals surface area (Å²) in [5, 5.41) is 11.1. The van der Waals surface area contributed by atoms with Crippen LogP contribution >= 0.6 is 0 Å². The highest BCUT2D eigenvalue weighted by molar-refractivity contribution is 6.48. The summed E-state index contributed by atoms with van der Waals surface area (Å²) in [7, 11) is -0.798. The molecular formula is C18H23N2O3Si. The highest BCUT2D eigenvalue weighted by Crippen LogP contribution is 2.35. The molecule has 0 saturated heterocycles. The molecule has 2 aromatic rings. The first-order valence-corrected chi connectivity index (χ1v) is 10.3. The van der Waals surface area contributed by atoms with Gasteiger partial charge in [0.05, 0.1) is 17.2 Å². The van der Waals surface area contributed by atoms with E-state index in [1.807, 2.05) is 12.1 Å². The zero-order valence-corrected chi connectivity index (χ0v) is 15.8. The van der Waals surface area contributed by atoms with Crippen molar-refractivity contribution in [1.82, 2.24) is 4.98 Å². The normalized spacial score (nSPS) is 11.8. The monoisotopic (exact) mass is 343 g/mol. The van der Waals surface area contributed by atoms with E-state index in [-0.39, 0.29) is 16.0 Å². The van der Waals surface area contributed by atoms with Crippen molar-refractivity contribution in [3.63, 3.8) is 0 Å². The number of pyridine rings is 1. The average Bonchev–Trinajstić information content (AvgIpc) is 2.51. The van der Waals surface area contributed by atoms with Crippen molar-refractivity contribution in [1.29, 1.82) is 0 Å². The van der Waals surface area contributed by atoms with E-state index < -0.39 is 9.04 Å². The number of aromatic nitrogens is 1. The van der Waals surface area contributed by atoms with Gasteiger partial charge in [0.2, 0.25) is 9.04 Å². The lowest BCUT2D eigenvalue weighted by Gasteiger charge is -2.26. The molecule has 0 aliphatic rings. The van der Waals surface area contributed by atoms with Crippen LogP contribution in [0.3, 0.4) is 0 Å². The molecule has 6 heteroatoms. The van der Waals surface area contributed by atoms with Gasteiger partial charge in [0.15, 0.2) is 0 Å². The summed E-state index contributed by atoms with van der Waals surface area (Å²) in [6.45, 7) is 11.1. The quantitative estimate of drug-likeness (QED) is 0.447. The molecule has 1 aromatic heterocycles. The van der Waals surface area contributed by atoms with Gasteiger partial charge in [0, 0.05) is 23.9 Å². The molecule has 0 aliphatic carbocycles. The SMILES string of the molecule is C[Si](C)OCc1ccnc(-c2cccc([N+](=O)[O-])c2)c1C(C)(C)C. The zero-order chi connectivity index (χ0) is 17.9. The molecule has 0 amide bonds. The standard InChI is InChI=1S/C18H23N2O3Si/c1-18(2,3)16-14(12-23-24(4)5)9-10-19-17(16)13-7-6-8-15(11-13)20(21)22/h6-11H,12H2,1-5H3. The summed E-state index contributed by atoms with van der Waals surface area (Å²) < 4.78 is 5.88. The molecule has 0 fully saturated rings. The Morgan fingerprint density at radius 2 is 1.96 bits per heavy atom. The predicted molar refractivity (Wildman–Crippen MR) is 97.3 cm³/mol. The van der Waals surface area contributed by atoms with Gasteiger partial charge in [-0.05, 0) is 35.7 Å². The van der Waals surface area contributed by atoms with E-state index in [9.17, 15) is 10.1 Å². The second-order valence-electron chi connectivity index (χ2n) is 6.95. The van der Waals surface area contributed by atoms with Crippen molar-refractivity contribution in [2.75, 3.05) is 0 Å². The van der Waals surface area contributed by atoms with Crippen molar-refractivity contribution in [2.24, 2.45) is 0 Å². The fraction of sp³-hybridized carbons (Fsp3) is 0.389. The summed E-state index contributed by atoms with van der Waals surface area (Å²) >= 11 is 0. The van der Waals surface area contributed by atoms with Crippen LogP contribution in [-0.2, 0) is 16.4 Å². The summed E-state index contributed by atoms with van der Waals surface area (Å²) in [4.78, 5) is 15.2. The molecule has 0 bridgehead atoms. The van der Waals surface area contributed by atoms with E-state index in [4.69, 9.17) is 4.43 Å². The third-order valence-corrected chi connectivity index (χ3v) is 4.36. The van der Waals surface area contributed by atoms with Gasteiger partial charge < -0.3 is 4.43 Å². The predicted octanol–water partition coefficient (Wildman–Crippen LogP) is 4.72. The second kappa shape index (κ2) is 7.23. The molecule has 1 radical (unpaired) electrons. The van der Waals surface area contributed by atoms with Crippen LogP contribution in [0.25, 0.3) is 11.3 Å². The van der Waals surface area contributed by atoms with Crippen molar-refractivity contribution in [2.45, 2.75) is 45.9 Å². The number of nitro benzene ring substituents is 1. The largest absolute Gasteiger partial charge is 0.413 e. The maximum atomic E-state index is 11.1. The van der Waals surface area contributed by atoms with Crippen LogP contribution in [0.4, 0.5) is 5.69 Å². The Kier molecular flexibility index (Phi) is 5.51. The zero-order valence-electron chi connectivity index (χ0n) is 14.8. The van der Waals surface area contributed by atoms with Crippen LogP contribution in [0.1, 0.15) is 31.9 Å². The second-order valence-corrected chi connectivity index (χ2v) is 9.05. The number of non-ortho nitro benzene ring substituents is 1. The maximum absolute atomic E-state index is 11.1. The Morgan fingerprint density at radius 1 is 1.25 bits per heavy atom. The topological polar surface area (TPSA) is 65.3 Å². The number of benzene rings is 1. The van der Waals surface area contributed by atoms with E-state index in [2.05, 4.69) is 38.8 Å². The number of hydrogen-bond donors (Lipinski definition) is 0. The summed E-state index contributed by atoms with van der Waals surface area (Å²) in [5.41, 5.74) is 3.63. The van der Waals surface area contributed by atoms with Crippen molar-refractivity contribution in [3.05, 3.63) is 57.8 Å². The molecular weight excluding hydrogens is 320 g/mol.